The Morgan fingerprint density at radius 2 is 1.92 bits per heavy atom. The van der Waals surface area contributed by atoms with E-state index in [2.05, 4.69) is 5.32 Å². The molecule has 0 aromatic carbocycles. The van der Waals surface area contributed by atoms with Gasteiger partial charge in [-0.05, 0) is 25.2 Å². The molecule has 0 aromatic rings. The fourth-order valence-corrected chi connectivity index (χ4v) is 4.63. The van der Waals surface area contributed by atoms with Crippen molar-refractivity contribution >= 4 is 29.5 Å². The first-order chi connectivity index (χ1) is 11.4. The maximum absolute atomic E-state index is 12.6. The fourth-order valence-electron chi connectivity index (χ4n) is 3.47. The molecule has 0 bridgehead atoms. The number of rotatable bonds is 7. The van der Waals surface area contributed by atoms with Gasteiger partial charge < -0.3 is 15.3 Å². The average molecular weight is 356 g/mol. The van der Waals surface area contributed by atoms with Crippen LogP contribution in [0.1, 0.15) is 46.0 Å². The second kappa shape index (κ2) is 8.74. The van der Waals surface area contributed by atoms with E-state index in [0.717, 1.165) is 25.7 Å². The molecule has 1 saturated heterocycles. The predicted octanol–water partition coefficient (Wildman–Crippen LogP) is 1.94. The van der Waals surface area contributed by atoms with Crippen molar-refractivity contribution in [3.63, 3.8) is 0 Å². The molecule has 1 aliphatic carbocycles. The Morgan fingerprint density at radius 1 is 1.25 bits per heavy atom. The smallest absolute Gasteiger partial charge is 0.308 e. The molecule has 1 aliphatic heterocycles. The van der Waals surface area contributed by atoms with Crippen LogP contribution in [0.4, 0.5) is 0 Å². The van der Waals surface area contributed by atoms with Crippen molar-refractivity contribution in [3.8, 4) is 0 Å². The molecule has 0 radical (unpaired) electrons. The average Bonchev–Trinajstić information content (AvgIpc) is 3.20. The highest BCUT2D eigenvalue weighted by molar-refractivity contribution is 7.99. The largest absolute Gasteiger partial charge is 0.481 e. The van der Waals surface area contributed by atoms with E-state index in [0.29, 0.717) is 18.1 Å². The number of nitrogens with one attached hydrogen (secondary N) is 1. The molecule has 0 spiro atoms. The quantitative estimate of drug-likeness (QED) is 0.728. The lowest BCUT2D eigenvalue weighted by Gasteiger charge is -2.26. The number of aliphatic carboxylic acids is 1. The van der Waals surface area contributed by atoms with E-state index in [4.69, 9.17) is 0 Å². The van der Waals surface area contributed by atoms with Gasteiger partial charge in [0, 0.05) is 18.2 Å². The summed E-state index contributed by atoms with van der Waals surface area (Å²) in [7, 11) is 0. The van der Waals surface area contributed by atoms with Gasteiger partial charge in [-0.1, -0.05) is 26.7 Å². The van der Waals surface area contributed by atoms with E-state index < -0.39 is 17.9 Å². The molecular formula is C17H28N2O4S. The number of carbonyl (C=O) groups excluding carboxylic acids is 2. The highest BCUT2D eigenvalue weighted by atomic mass is 32.2. The molecule has 6 nitrogen and oxygen atoms in total. The summed E-state index contributed by atoms with van der Waals surface area (Å²) in [6, 6.07) is -0.461. The number of thioether (sulfide) groups is 1. The summed E-state index contributed by atoms with van der Waals surface area (Å²) < 4.78 is 0. The number of hydrogen-bond donors (Lipinski definition) is 2. The second-order valence-electron chi connectivity index (χ2n) is 7.21. The van der Waals surface area contributed by atoms with Crippen LogP contribution in [0.15, 0.2) is 0 Å². The van der Waals surface area contributed by atoms with Crippen molar-refractivity contribution in [1.82, 2.24) is 10.2 Å². The lowest BCUT2D eigenvalue weighted by Crippen LogP contribution is -2.50. The first-order valence-electron chi connectivity index (χ1n) is 8.79. The summed E-state index contributed by atoms with van der Waals surface area (Å²) in [6.07, 6.45) is 4.54. The number of carboxylic acid groups (broad SMARTS) is 1. The van der Waals surface area contributed by atoms with Crippen molar-refractivity contribution in [2.75, 3.05) is 18.2 Å². The standard InChI is InChI=1S/C17H28N2O4S/c1-11(2)7-13(17(22)23)8-18-15(20)14-9-24-10-19(14)16(21)12-5-3-4-6-12/h11-14H,3-10H2,1-2H3,(H,18,20)(H,22,23). The number of carbonyl (C=O) groups is 3. The lowest BCUT2D eigenvalue weighted by molar-refractivity contribution is -0.143. The molecule has 2 unspecified atom stereocenters. The molecule has 136 valence electrons. The maximum atomic E-state index is 12.6. The second-order valence-corrected chi connectivity index (χ2v) is 8.21. The van der Waals surface area contributed by atoms with Gasteiger partial charge in [-0.3, -0.25) is 14.4 Å². The lowest BCUT2D eigenvalue weighted by atomic mass is 9.97. The zero-order valence-corrected chi connectivity index (χ0v) is 15.3. The van der Waals surface area contributed by atoms with Gasteiger partial charge in [0.2, 0.25) is 11.8 Å². The summed E-state index contributed by atoms with van der Waals surface area (Å²) in [6.45, 7) is 4.06. The third-order valence-electron chi connectivity index (χ3n) is 4.80. The molecule has 1 heterocycles. The van der Waals surface area contributed by atoms with E-state index in [1.165, 1.54) is 0 Å². The monoisotopic (exact) mass is 356 g/mol. The van der Waals surface area contributed by atoms with Crippen LogP contribution < -0.4 is 5.32 Å². The minimum absolute atomic E-state index is 0.0618. The van der Waals surface area contributed by atoms with Crippen molar-refractivity contribution in [2.45, 2.75) is 52.0 Å². The molecule has 24 heavy (non-hydrogen) atoms. The van der Waals surface area contributed by atoms with Gasteiger partial charge in [0.15, 0.2) is 0 Å². The predicted molar refractivity (Wildman–Crippen MR) is 93.5 cm³/mol. The molecular weight excluding hydrogens is 328 g/mol. The normalized spacial score (nSPS) is 22.8. The first kappa shape index (κ1) is 19.1. The third-order valence-corrected chi connectivity index (χ3v) is 5.81. The summed E-state index contributed by atoms with van der Waals surface area (Å²) in [5.74, 6) is -0.132. The molecule has 2 fully saturated rings. The Bertz CT molecular complexity index is 477. The van der Waals surface area contributed by atoms with Gasteiger partial charge >= 0.3 is 5.97 Å². The van der Waals surface area contributed by atoms with Crippen LogP contribution in [0.5, 0.6) is 0 Å². The Labute approximate surface area is 147 Å². The highest BCUT2D eigenvalue weighted by Crippen LogP contribution is 2.30. The molecule has 2 rings (SSSR count). The molecule has 2 N–H and O–H groups in total. The number of hydrogen-bond acceptors (Lipinski definition) is 4. The summed E-state index contributed by atoms with van der Waals surface area (Å²) >= 11 is 1.58. The van der Waals surface area contributed by atoms with Crippen LogP contribution in [0.25, 0.3) is 0 Å². The van der Waals surface area contributed by atoms with E-state index in [-0.39, 0.29) is 30.2 Å². The van der Waals surface area contributed by atoms with Crippen LogP contribution in [-0.4, -0.2) is 52.0 Å². The van der Waals surface area contributed by atoms with Gasteiger partial charge in [-0.15, -0.1) is 11.8 Å². The van der Waals surface area contributed by atoms with E-state index in [9.17, 15) is 19.5 Å². The van der Waals surface area contributed by atoms with Gasteiger partial charge in [-0.25, -0.2) is 0 Å². The summed E-state index contributed by atoms with van der Waals surface area (Å²) in [5.41, 5.74) is 0. The van der Waals surface area contributed by atoms with Crippen molar-refractivity contribution in [1.29, 1.82) is 0 Å². The van der Waals surface area contributed by atoms with Crippen LogP contribution in [0.2, 0.25) is 0 Å². The van der Waals surface area contributed by atoms with Gasteiger partial charge in [0.25, 0.3) is 0 Å². The van der Waals surface area contributed by atoms with E-state index in [1.54, 1.807) is 16.7 Å². The van der Waals surface area contributed by atoms with Crippen molar-refractivity contribution < 1.29 is 19.5 Å². The highest BCUT2D eigenvalue weighted by Gasteiger charge is 2.38. The number of carboxylic acids is 1. The molecule has 2 atom stereocenters. The van der Waals surface area contributed by atoms with Gasteiger partial charge in [0.05, 0.1) is 11.8 Å². The zero-order chi connectivity index (χ0) is 17.7. The van der Waals surface area contributed by atoms with Crippen LogP contribution >= 0.6 is 11.8 Å². The molecule has 0 aromatic heterocycles. The van der Waals surface area contributed by atoms with Crippen LogP contribution in [-0.2, 0) is 14.4 Å². The van der Waals surface area contributed by atoms with Gasteiger partial charge in [0.1, 0.15) is 6.04 Å². The molecule has 2 amide bonds. The van der Waals surface area contributed by atoms with E-state index >= 15 is 0 Å². The molecule has 2 aliphatic rings. The minimum atomic E-state index is -0.885. The maximum Gasteiger partial charge on any atom is 0.308 e. The molecule has 1 saturated carbocycles. The topological polar surface area (TPSA) is 86.7 Å². The first-order valence-corrected chi connectivity index (χ1v) is 9.94. The number of nitrogens with zero attached hydrogens (tertiary/aromatic N) is 1. The Morgan fingerprint density at radius 3 is 2.50 bits per heavy atom. The van der Waals surface area contributed by atoms with Gasteiger partial charge in [-0.2, -0.15) is 0 Å². The van der Waals surface area contributed by atoms with Crippen molar-refractivity contribution in [3.05, 3.63) is 0 Å². The SMILES string of the molecule is CC(C)CC(CNC(=O)C1CSCN1C(=O)C1CCCC1)C(=O)O. The Balaban J connectivity index is 1.90. The Kier molecular flexibility index (Phi) is 6.95. The Hall–Kier alpha value is -1.24. The zero-order valence-electron chi connectivity index (χ0n) is 14.5. The summed E-state index contributed by atoms with van der Waals surface area (Å²) in [5, 5.41) is 12.0. The van der Waals surface area contributed by atoms with Crippen molar-refractivity contribution in [2.24, 2.45) is 17.8 Å². The third kappa shape index (κ3) is 4.88. The fraction of sp³-hybridized carbons (Fsp3) is 0.824. The van der Waals surface area contributed by atoms with Crippen LogP contribution in [0.3, 0.4) is 0 Å². The molecule has 7 heteroatoms. The summed E-state index contributed by atoms with van der Waals surface area (Å²) in [4.78, 5) is 38.1. The number of amides is 2. The minimum Gasteiger partial charge on any atom is -0.481 e. The van der Waals surface area contributed by atoms with Crippen LogP contribution in [0, 0.1) is 17.8 Å². The van der Waals surface area contributed by atoms with E-state index in [1.807, 2.05) is 13.8 Å².